The predicted octanol–water partition coefficient (Wildman–Crippen LogP) is 4.55. The number of nitriles is 1. The first kappa shape index (κ1) is 22.4. The van der Waals surface area contributed by atoms with Crippen molar-refractivity contribution in [1.29, 1.82) is 5.26 Å². The lowest BCUT2D eigenvalue weighted by Crippen LogP contribution is -2.42. The Morgan fingerprint density at radius 1 is 1.18 bits per heavy atom. The number of carbonyl (C=O) groups is 3. The molecule has 1 aliphatic rings. The zero-order valence-electron chi connectivity index (χ0n) is 18.1. The molecule has 0 bridgehead atoms. The van der Waals surface area contributed by atoms with E-state index in [1.54, 1.807) is 19.1 Å². The van der Waals surface area contributed by atoms with Gasteiger partial charge in [0.15, 0.2) is 0 Å². The number of nitrogens with zero attached hydrogens (tertiary/aromatic N) is 3. The maximum Gasteiger partial charge on any atom is 0.329 e. The third-order valence-corrected chi connectivity index (χ3v) is 6.31. The zero-order chi connectivity index (χ0) is 23.5. The summed E-state index contributed by atoms with van der Waals surface area (Å²) in [5, 5.41) is 9.84. The van der Waals surface area contributed by atoms with Crippen molar-refractivity contribution in [3.63, 3.8) is 0 Å². The monoisotopic (exact) mass is 459 g/mol. The van der Waals surface area contributed by atoms with E-state index in [4.69, 9.17) is 4.74 Å². The van der Waals surface area contributed by atoms with Gasteiger partial charge in [0.05, 0.1) is 23.1 Å². The van der Waals surface area contributed by atoms with Gasteiger partial charge in [0.1, 0.15) is 6.04 Å². The molecular weight excluding hydrogens is 438 g/mol. The van der Waals surface area contributed by atoms with E-state index in [1.165, 1.54) is 6.92 Å². The first-order valence-electron chi connectivity index (χ1n) is 10.4. The molecule has 33 heavy (non-hydrogen) atoms. The van der Waals surface area contributed by atoms with E-state index in [9.17, 15) is 19.6 Å². The standard InChI is InChI=1S/C25H21N3O4S/c1-3-32-24(30)16(2)28-23(29)22(33-25(28)31)12-19-15-27(21-11-7-6-10-20(19)21)14-18-9-5-4-8-17(18)13-26/h4-12,15-16H,3,14H2,1-2H3/b22-12+/t16-/m1/s1. The number of para-hydroxylation sites is 1. The van der Waals surface area contributed by atoms with Crippen LogP contribution in [0.2, 0.25) is 0 Å². The summed E-state index contributed by atoms with van der Waals surface area (Å²) in [5.41, 5.74) is 3.20. The van der Waals surface area contributed by atoms with E-state index in [0.717, 1.165) is 38.7 Å². The summed E-state index contributed by atoms with van der Waals surface area (Å²) < 4.78 is 6.98. The number of amides is 2. The van der Waals surface area contributed by atoms with Crippen LogP contribution in [0.1, 0.15) is 30.5 Å². The minimum Gasteiger partial charge on any atom is -0.464 e. The molecule has 2 heterocycles. The summed E-state index contributed by atoms with van der Waals surface area (Å²) in [6.07, 6.45) is 3.58. The van der Waals surface area contributed by atoms with Crippen LogP contribution in [0.4, 0.5) is 4.79 Å². The predicted molar refractivity (Wildman–Crippen MR) is 126 cm³/mol. The second-order valence-corrected chi connectivity index (χ2v) is 8.47. The van der Waals surface area contributed by atoms with Crippen LogP contribution in [-0.2, 0) is 20.9 Å². The van der Waals surface area contributed by atoms with E-state index in [2.05, 4.69) is 6.07 Å². The first-order chi connectivity index (χ1) is 15.9. The molecule has 0 spiro atoms. The summed E-state index contributed by atoms with van der Waals surface area (Å²) >= 11 is 0.807. The molecule has 1 aromatic heterocycles. The van der Waals surface area contributed by atoms with Gasteiger partial charge in [-0.05, 0) is 49.4 Å². The summed E-state index contributed by atoms with van der Waals surface area (Å²) in [5.74, 6) is -1.13. The van der Waals surface area contributed by atoms with E-state index >= 15 is 0 Å². The van der Waals surface area contributed by atoms with Gasteiger partial charge < -0.3 is 9.30 Å². The number of benzene rings is 2. The molecule has 3 aromatic rings. The van der Waals surface area contributed by atoms with Crippen LogP contribution >= 0.6 is 11.8 Å². The second-order valence-electron chi connectivity index (χ2n) is 7.48. The smallest absolute Gasteiger partial charge is 0.329 e. The van der Waals surface area contributed by atoms with Gasteiger partial charge in [-0.3, -0.25) is 14.5 Å². The molecule has 8 heteroatoms. The molecule has 1 saturated heterocycles. The highest BCUT2D eigenvalue weighted by Crippen LogP contribution is 2.35. The van der Waals surface area contributed by atoms with E-state index < -0.39 is 23.2 Å². The first-order valence-corrected chi connectivity index (χ1v) is 11.3. The second kappa shape index (κ2) is 9.35. The van der Waals surface area contributed by atoms with Crippen LogP contribution in [0.3, 0.4) is 0 Å². The Hall–Kier alpha value is -3.83. The summed E-state index contributed by atoms with van der Waals surface area (Å²) in [4.78, 5) is 38.7. The van der Waals surface area contributed by atoms with E-state index in [1.807, 2.05) is 53.2 Å². The number of esters is 1. The number of carbonyl (C=O) groups excluding carboxylic acids is 3. The Morgan fingerprint density at radius 2 is 1.91 bits per heavy atom. The van der Waals surface area contributed by atoms with E-state index in [0.29, 0.717) is 12.1 Å². The van der Waals surface area contributed by atoms with Crippen molar-refractivity contribution in [3.8, 4) is 6.07 Å². The highest BCUT2D eigenvalue weighted by atomic mass is 32.2. The average Bonchev–Trinajstić information content (AvgIpc) is 3.30. The summed E-state index contributed by atoms with van der Waals surface area (Å²) in [7, 11) is 0. The Morgan fingerprint density at radius 3 is 2.67 bits per heavy atom. The van der Waals surface area contributed by atoms with Gasteiger partial charge in [-0.25, -0.2) is 4.79 Å². The van der Waals surface area contributed by atoms with Crippen molar-refractivity contribution in [2.24, 2.45) is 0 Å². The van der Waals surface area contributed by atoms with Crippen molar-refractivity contribution in [3.05, 3.63) is 76.3 Å². The van der Waals surface area contributed by atoms with Gasteiger partial charge in [0, 0.05) is 29.2 Å². The molecule has 166 valence electrons. The molecule has 7 nitrogen and oxygen atoms in total. The largest absolute Gasteiger partial charge is 0.464 e. The molecule has 1 atom stereocenters. The fourth-order valence-electron chi connectivity index (χ4n) is 3.80. The fourth-order valence-corrected chi connectivity index (χ4v) is 4.69. The van der Waals surface area contributed by atoms with Crippen LogP contribution < -0.4 is 0 Å². The molecule has 2 amide bonds. The highest BCUT2D eigenvalue weighted by Gasteiger charge is 2.41. The molecule has 4 rings (SSSR count). The lowest BCUT2D eigenvalue weighted by atomic mass is 10.1. The van der Waals surface area contributed by atoms with Crippen LogP contribution in [0.5, 0.6) is 0 Å². The fraction of sp³-hybridized carbons (Fsp3) is 0.200. The number of thioether (sulfide) groups is 1. The third kappa shape index (κ3) is 4.28. The molecule has 1 fully saturated rings. The molecule has 1 aliphatic heterocycles. The molecule has 2 aromatic carbocycles. The van der Waals surface area contributed by atoms with Crippen molar-refractivity contribution < 1.29 is 19.1 Å². The minimum absolute atomic E-state index is 0.170. The summed E-state index contributed by atoms with van der Waals surface area (Å²) in [6.45, 7) is 3.81. The maximum atomic E-state index is 13.0. The van der Waals surface area contributed by atoms with Crippen molar-refractivity contribution in [2.75, 3.05) is 6.61 Å². The van der Waals surface area contributed by atoms with Crippen molar-refractivity contribution in [2.45, 2.75) is 26.4 Å². The SMILES string of the molecule is CCOC(=O)[C@@H](C)N1C(=O)S/C(=C/c2cn(Cc3ccccc3C#N)c3ccccc23)C1=O. The van der Waals surface area contributed by atoms with E-state index in [-0.39, 0.29) is 11.5 Å². The van der Waals surface area contributed by atoms with Crippen molar-refractivity contribution >= 4 is 45.9 Å². The molecule has 0 N–H and O–H groups in total. The lowest BCUT2D eigenvalue weighted by molar-refractivity contribution is -0.150. The van der Waals surface area contributed by atoms with Crippen LogP contribution in [0.25, 0.3) is 17.0 Å². The van der Waals surface area contributed by atoms with Gasteiger partial charge in [-0.1, -0.05) is 36.4 Å². The number of ether oxygens (including phenoxy) is 1. The van der Waals surface area contributed by atoms with Gasteiger partial charge >= 0.3 is 5.97 Å². The number of hydrogen-bond donors (Lipinski definition) is 0. The highest BCUT2D eigenvalue weighted by molar-refractivity contribution is 8.18. The van der Waals surface area contributed by atoms with Crippen LogP contribution in [0, 0.1) is 11.3 Å². The van der Waals surface area contributed by atoms with Crippen LogP contribution in [-0.4, -0.2) is 39.2 Å². The number of imide groups is 1. The Labute approximate surface area is 195 Å². The Kier molecular flexibility index (Phi) is 6.33. The van der Waals surface area contributed by atoms with Gasteiger partial charge in [-0.15, -0.1) is 0 Å². The normalized spacial score (nSPS) is 15.8. The number of hydrogen-bond acceptors (Lipinski definition) is 6. The maximum absolute atomic E-state index is 13.0. The lowest BCUT2D eigenvalue weighted by Gasteiger charge is -2.19. The topological polar surface area (TPSA) is 92.4 Å². The molecule has 0 unspecified atom stereocenters. The Bertz CT molecular complexity index is 1330. The summed E-state index contributed by atoms with van der Waals surface area (Å²) in [6, 6.07) is 16.4. The quantitative estimate of drug-likeness (QED) is 0.397. The Balaban J connectivity index is 1.70. The third-order valence-electron chi connectivity index (χ3n) is 5.42. The van der Waals surface area contributed by atoms with Crippen LogP contribution in [0.15, 0.2) is 59.6 Å². The molecule has 0 saturated carbocycles. The zero-order valence-corrected chi connectivity index (χ0v) is 19.0. The molecule has 0 radical (unpaired) electrons. The number of rotatable bonds is 6. The number of aromatic nitrogens is 1. The molecule has 0 aliphatic carbocycles. The minimum atomic E-state index is -0.993. The van der Waals surface area contributed by atoms with Crippen molar-refractivity contribution in [1.82, 2.24) is 9.47 Å². The molecular formula is C25H21N3O4S. The average molecular weight is 460 g/mol. The van der Waals surface area contributed by atoms with Gasteiger partial charge in [-0.2, -0.15) is 5.26 Å². The number of fused-ring (bicyclic) bond motifs is 1. The van der Waals surface area contributed by atoms with Gasteiger partial charge in [0.2, 0.25) is 0 Å². The van der Waals surface area contributed by atoms with Gasteiger partial charge in [0.25, 0.3) is 11.1 Å².